The summed E-state index contributed by atoms with van der Waals surface area (Å²) in [7, 11) is 1.30. The molecule has 5 fully saturated rings. The molecule has 2 saturated heterocycles. The predicted octanol–water partition coefficient (Wildman–Crippen LogP) is 3.54. The minimum Gasteiger partial charge on any atom is -0.472 e. The first kappa shape index (κ1) is 28.4. The van der Waals surface area contributed by atoms with Crippen LogP contribution in [0.4, 0.5) is 0 Å². The third kappa shape index (κ3) is 3.37. The number of ketones is 1. The number of fused-ring (bicyclic) bond motifs is 5. The number of epoxide rings is 1. The number of Topliss-reactive ketones (excluding diaryl/α,β-unsaturated/α-hetero) is 1. The van der Waals surface area contributed by atoms with Gasteiger partial charge in [0.1, 0.15) is 23.9 Å². The van der Waals surface area contributed by atoms with Crippen LogP contribution in [0.5, 0.6) is 0 Å². The lowest BCUT2D eigenvalue weighted by atomic mass is 9.36. The van der Waals surface area contributed by atoms with E-state index in [4.69, 9.17) is 23.4 Å². The molecule has 1 N–H and O–H groups in total. The molecule has 0 amide bonds. The molecule has 3 saturated carbocycles. The highest BCUT2D eigenvalue weighted by Gasteiger charge is 2.90. The highest BCUT2D eigenvalue weighted by Crippen LogP contribution is 2.78. The number of esters is 3. The number of carbonyl (C=O) groups excluding carboxylic acids is 4. The summed E-state index contributed by atoms with van der Waals surface area (Å²) < 4.78 is 28.9. The van der Waals surface area contributed by atoms with Gasteiger partial charge in [-0.1, -0.05) is 41.5 Å². The Bertz CT molecular complexity index is 1300. The molecule has 2 aliphatic heterocycles. The van der Waals surface area contributed by atoms with Crippen molar-refractivity contribution in [3.8, 4) is 0 Å². The normalized spacial score (nSPS) is 45.6. The maximum atomic E-state index is 14.6. The third-order valence-corrected chi connectivity index (χ3v) is 11.6. The summed E-state index contributed by atoms with van der Waals surface area (Å²) in [5.41, 5.74) is -5.30. The Balaban J connectivity index is 1.53. The molecule has 1 spiro atoms. The van der Waals surface area contributed by atoms with E-state index in [9.17, 15) is 24.3 Å². The second-order valence-corrected chi connectivity index (χ2v) is 14.2. The lowest BCUT2D eigenvalue weighted by molar-refractivity contribution is -0.252. The Morgan fingerprint density at radius 1 is 1.15 bits per heavy atom. The van der Waals surface area contributed by atoms with Gasteiger partial charge in [-0.3, -0.25) is 19.2 Å². The number of carbonyl (C=O) groups is 4. The maximum absolute atomic E-state index is 14.6. The molecule has 10 nitrogen and oxygen atoms in total. The molecule has 2 bridgehead atoms. The van der Waals surface area contributed by atoms with Crippen molar-refractivity contribution in [1.82, 2.24) is 0 Å². The van der Waals surface area contributed by atoms with Crippen LogP contribution in [0.3, 0.4) is 0 Å². The van der Waals surface area contributed by atoms with Crippen LogP contribution in [0.2, 0.25) is 0 Å². The van der Waals surface area contributed by atoms with Crippen LogP contribution in [0.1, 0.15) is 78.9 Å². The van der Waals surface area contributed by atoms with E-state index in [1.54, 1.807) is 26.2 Å². The van der Waals surface area contributed by atoms with Gasteiger partial charge in [0.2, 0.25) is 0 Å². The minimum absolute atomic E-state index is 0.0553. The van der Waals surface area contributed by atoms with Gasteiger partial charge in [0, 0.05) is 40.1 Å². The molecule has 224 valence electrons. The molecule has 6 rings (SSSR count). The Morgan fingerprint density at radius 3 is 2.46 bits per heavy atom. The standard InChI is InChI=1S/C31H40O10/c1-15(2)23(34)40-25-27(3,4)18(12-20(32)37-7)29(6)17-8-10-28(5)19(31(17)26(41-31)30(25,36)24(29)35)13-21(33)39-22(28)16-9-11-38-14-16/h9,11,14-15,17-19,22,25-26,36H,8,10,12-13H2,1-7H3/t17-,18+,19-,22+,25-,26+,28+,29-,30-,31-/m1/s1. The monoisotopic (exact) mass is 572 g/mol. The topological polar surface area (TPSA) is 142 Å². The number of cyclic esters (lactones) is 1. The van der Waals surface area contributed by atoms with Gasteiger partial charge >= 0.3 is 17.9 Å². The Morgan fingerprint density at radius 2 is 1.85 bits per heavy atom. The predicted molar refractivity (Wildman–Crippen MR) is 141 cm³/mol. The molecule has 41 heavy (non-hydrogen) atoms. The van der Waals surface area contributed by atoms with Gasteiger partial charge in [0.15, 0.2) is 11.4 Å². The fraction of sp³-hybridized carbons (Fsp3) is 0.742. The fourth-order valence-corrected chi connectivity index (χ4v) is 9.68. The van der Waals surface area contributed by atoms with Gasteiger partial charge in [-0.2, -0.15) is 0 Å². The van der Waals surface area contributed by atoms with Crippen molar-refractivity contribution >= 4 is 23.7 Å². The Labute approximate surface area is 239 Å². The Kier molecular flexibility index (Phi) is 6.00. The second-order valence-electron chi connectivity index (χ2n) is 14.2. The molecular weight excluding hydrogens is 532 g/mol. The van der Waals surface area contributed by atoms with Crippen molar-refractivity contribution in [3.05, 3.63) is 24.2 Å². The van der Waals surface area contributed by atoms with Crippen LogP contribution >= 0.6 is 0 Å². The number of methoxy groups -OCH3 is 1. The molecule has 3 aliphatic carbocycles. The average Bonchev–Trinajstić information content (AvgIpc) is 3.40. The van der Waals surface area contributed by atoms with Crippen molar-refractivity contribution < 1.29 is 47.6 Å². The number of ether oxygens (including phenoxy) is 4. The molecule has 10 atom stereocenters. The van der Waals surface area contributed by atoms with Crippen LogP contribution < -0.4 is 0 Å². The van der Waals surface area contributed by atoms with Crippen LogP contribution in [0, 0.1) is 39.9 Å². The number of rotatable bonds is 5. The summed E-state index contributed by atoms with van der Waals surface area (Å²) >= 11 is 0. The van der Waals surface area contributed by atoms with Gasteiger partial charge < -0.3 is 28.5 Å². The molecule has 0 aromatic carbocycles. The number of aliphatic hydroxyl groups is 1. The zero-order valence-electron chi connectivity index (χ0n) is 24.7. The molecule has 5 aliphatic rings. The first-order valence-corrected chi connectivity index (χ1v) is 14.5. The van der Waals surface area contributed by atoms with E-state index >= 15 is 0 Å². The van der Waals surface area contributed by atoms with Crippen molar-refractivity contribution in [2.45, 2.75) is 96.7 Å². The van der Waals surface area contributed by atoms with Gasteiger partial charge in [-0.05, 0) is 24.8 Å². The quantitative estimate of drug-likeness (QED) is 0.316. The van der Waals surface area contributed by atoms with Crippen LogP contribution in [0.15, 0.2) is 23.0 Å². The van der Waals surface area contributed by atoms with E-state index in [0.717, 1.165) is 5.56 Å². The van der Waals surface area contributed by atoms with Gasteiger partial charge in [-0.15, -0.1) is 0 Å². The summed E-state index contributed by atoms with van der Waals surface area (Å²) in [6.45, 7) is 10.9. The van der Waals surface area contributed by atoms with Gasteiger partial charge in [0.25, 0.3) is 0 Å². The van der Waals surface area contributed by atoms with E-state index in [-0.39, 0.29) is 12.8 Å². The zero-order chi connectivity index (χ0) is 29.9. The van der Waals surface area contributed by atoms with Crippen LogP contribution in [-0.4, -0.2) is 59.3 Å². The van der Waals surface area contributed by atoms with Crippen LogP contribution in [0.25, 0.3) is 0 Å². The summed E-state index contributed by atoms with van der Waals surface area (Å²) in [4.78, 5) is 53.6. The Hall–Kier alpha value is -2.72. The lowest BCUT2D eigenvalue weighted by Gasteiger charge is -2.66. The largest absolute Gasteiger partial charge is 0.472 e. The van der Waals surface area contributed by atoms with E-state index in [1.807, 2.05) is 20.8 Å². The summed E-state index contributed by atoms with van der Waals surface area (Å²) in [6, 6.07) is 1.78. The fourth-order valence-electron chi connectivity index (χ4n) is 9.68. The highest BCUT2D eigenvalue weighted by molar-refractivity contribution is 5.99. The van der Waals surface area contributed by atoms with Crippen molar-refractivity contribution in [3.63, 3.8) is 0 Å². The number of hydrogen-bond donors (Lipinski definition) is 1. The molecule has 1 aromatic rings. The molecular formula is C31H40O10. The minimum atomic E-state index is -2.17. The molecule has 0 radical (unpaired) electrons. The maximum Gasteiger partial charge on any atom is 0.308 e. The van der Waals surface area contributed by atoms with Gasteiger partial charge in [0.05, 0.1) is 32.0 Å². The second kappa shape index (κ2) is 8.66. The summed E-state index contributed by atoms with van der Waals surface area (Å²) in [5.74, 6) is -3.87. The molecule has 1 aromatic heterocycles. The van der Waals surface area contributed by atoms with E-state index in [2.05, 4.69) is 6.92 Å². The lowest BCUT2D eigenvalue weighted by Crippen LogP contribution is -2.80. The van der Waals surface area contributed by atoms with E-state index in [0.29, 0.717) is 12.8 Å². The zero-order valence-corrected chi connectivity index (χ0v) is 24.7. The molecule has 10 heteroatoms. The van der Waals surface area contributed by atoms with Crippen molar-refractivity contribution in [2.24, 2.45) is 39.9 Å². The average molecular weight is 573 g/mol. The number of furan rings is 1. The summed E-state index contributed by atoms with van der Waals surface area (Å²) in [5, 5.41) is 12.6. The van der Waals surface area contributed by atoms with E-state index < -0.39 is 93.1 Å². The van der Waals surface area contributed by atoms with Crippen molar-refractivity contribution in [1.29, 1.82) is 0 Å². The SMILES string of the molecule is COC(=O)C[C@H]1C(C)(C)[C@@H](OC(=O)C(C)C)[C@]2(O)C(=O)[C@]1(C)[C@H]1CC[C@@]3(C)[C@@H](CC(=O)O[C@H]3c3ccoc3)[C@]13O[C@@H]23. The molecule has 0 unspecified atom stereocenters. The highest BCUT2D eigenvalue weighted by atomic mass is 16.6. The van der Waals surface area contributed by atoms with Crippen molar-refractivity contribution in [2.75, 3.05) is 7.11 Å². The third-order valence-electron chi connectivity index (χ3n) is 11.6. The first-order valence-electron chi connectivity index (χ1n) is 14.5. The van der Waals surface area contributed by atoms with E-state index in [1.165, 1.54) is 13.4 Å². The van der Waals surface area contributed by atoms with Crippen LogP contribution in [-0.2, 0) is 38.1 Å². The summed E-state index contributed by atoms with van der Waals surface area (Å²) in [6.07, 6.45) is 1.39. The first-order chi connectivity index (χ1) is 19.1. The smallest absolute Gasteiger partial charge is 0.308 e. The van der Waals surface area contributed by atoms with Gasteiger partial charge in [-0.25, -0.2) is 0 Å². The molecule has 3 heterocycles. The number of hydrogen-bond acceptors (Lipinski definition) is 10.